The lowest BCUT2D eigenvalue weighted by atomic mass is 9.59. The van der Waals surface area contributed by atoms with Crippen LogP contribution in [-0.2, 0) is 4.74 Å². The number of hydrogen-bond acceptors (Lipinski definition) is 5. The molecule has 0 aromatic carbocycles. The number of nitrogens with zero attached hydrogens (tertiary/aromatic N) is 4. The van der Waals surface area contributed by atoms with Crippen molar-refractivity contribution in [3.63, 3.8) is 0 Å². The fourth-order valence-corrected chi connectivity index (χ4v) is 5.06. The average molecular weight is 405 g/mol. The van der Waals surface area contributed by atoms with Crippen LogP contribution in [-0.4, -0.2) is 71.2 Å². The number of aromatic nitrogens is 3. The van der Waals surface area contributed by atoms with Gasteiger partial charge in [0, 0.05) is 32.8 Å². The van der Waals surface area contributed by atoms with Gasteiger partial charge in [-0.05, 0) is 43.9 Å². The van der Waals surface area contributed by atoms with Crippen molar-refractivity contribution in [3.05, 3.63) is 11.9 Å². The number of amides is 3. The minimum absolute atomic E-state index is 0.0957. The molecule has 2 aliphatic carbocycles. The summed E-state index contributed by atoms with van der Waals surface area (Å²) in [6.07, 6.45) is 10.6. The van der Waals surface area contributed by atoms with Crippen LogP contribution in [0.1, 0.15) is 67.9 Å². The van der Waals surface area contributed by atoms with Crippen molar-refractivity contribution < 1.29 is 14.3 Å². The molecule has 1 saturated heterocycles. The van der Waals surface area contributed by atoms with E-state index < -0.39 is 0 Å². The minimum atomic E-state index is -0.222. The molecule has 1 spiro atoms. The molecule has 2 heterocycles. The van der Waals surface area contributed by atoms with Gasteiger partial charge in [-0.1, -0.05) is 18.1 Å². The molecule has 3 aliphatic rings. The second-order valence-corrected chi connectivity index (χ2v) is 8.67. The Bertz CT molecular complexity index is 722. The number of ether oxygens (including phenoxy) is 1. The van der Waals surface area contributed by atoms with Crippen molar-refractivity contribution in [3.8, 4) is 0 Å². The van der Waals surface area contributed by atoms with Crippen molar-refractivity contribution in [1.29, 1.82) is 0 Å². The van der Waals surface area contributed by atoms with E-state index in [9.17, 15) is 9.59 Å². The molecule has 9 nitrogen and oxygen atoms in total. The van der Waals surface area contributed by atoms with Crippen molar-refractivity contribution in [2.45, 2.75) is 63.5 Å². The van der Waals surface area contributed by atoms with Gasteiger partial charge in [-0.25, -0.2) is 9.48 Å². The number of hydrogen-bond donors (Lipinski definition) is 2. The number of piperidine rings is 1. The fourth-order valence-electron chi connectivity index (χ4n) is 5.06. The van der Waals surface area contributed by atoms with Crippen molar-refractivity contribution in [2.24, 2.45) is 5.41 Å². The maximum absolute atomic E-state index is 12.5. The van der Waals surface area contributed by atoms with E-state index in [1.807, 2.05) is 9.58 Å². The molecule has 9 heteroatoms. The van der Waals surface area contributed by atoms with Gasteiger partial charge >= 0.3 is 6.03 Å². The number of nitrogens with one attached hydrogen (secondary N) is 2. The van der Waals surface area contributed by atoms with Gasteiger partial charge in [0.15, 0.2) is 5.69 Å². The van der Waals surface area contributed by atoms with Crippen LogP contribution in [0.5, 0.6) is 0 Å². The lowest BCUT2D eigenvalue weighted by Crippen LogP contribution is -2.54. The lowest BCUT2D eigenvalue weighted by Gasteiger charge is -2.53. The molecule has 1 aromatic heterocycles. The Morgan fingerprint density at radius 3 is 2.62 bits per heavy atom. The van der Waals surface area contributed by atoms with Crippen LogP contribution in [0, 0.1) is 5.41 Å². The molecular formula is C20H32N6O3. The van der Waals surface area contributed by atoms with E-state index in [2.05, 4.69) is 20.9 Å². The normalized spacial score (nSPS) is 23.8. The van der Waals surface area contributed by atoms with Gasteiger partial charge in [-0.15, -0.1) is 5.10 Å². The number of methoxy groups -OCH3 is 1. The van der Waals surface area contributed by atoms with Gasteiger partial charge in [0.1, 0.15) is 0 Å². The van der Waals surface area contributed by atoms with E-state index in [0.29, 0.717) is 24.9 Å². The number of carbonyl (C=O) groups excluding carboxylic acids is 2. The van der Waals surface area contributed by atoms with Crippen LogP contribution in [0.3, 0.4) is 0 Å². The smallest absolute Gasteiger partial charge is 0.317 e. The summed E-state index contributed by atoms with van der Waals surface area (Å²) in [5, 5.41) is 14.3. The highest BCUT2D eigenvalue weighted by Crippen LogP contribution is 2.56. The Kier molecular flexibility index (Phi) is 6.03. The SMILES string of the molecule is COCCNC(=O)c1cn(C2CCC23CCN(C(=O)NC2CCCC2)CC3)nn1. The quantitative estimate of drug-likeness (QED) is 0.703. The Balaban J connectivity index is 1.30. The van der Waals surface area contributed by atoms with Gasteiger partial charge in [0.25, 0.3) is 5.91 Å². The number of rotatable bonds is 6. The van der Waals surface area contributed by atoms with Crippen LogP contribution in [0.25, 0.3) is 0 Å². The topological polar surface area (TPSA) is 101 Å². The van der Waals surface area contributed by atoms with Gasteiger partial charge in [-0.3, -0.25) is 4.79 Å². The molecular weight excluding hydrogens is 372 g/mol. The highest BCUT2D eigenvalue weighted by Gasteiger charge is 2.50. The van der Waals surface area contributed by atoms with Crippen LogP contribution < -0.4 is 10.6 Å². The summed E-state index contributed by atoms with van der Waals surface area (Å²) >= 11 is 0. The lowest BCUT2D eigenvalue weighted by molar-refractivity contribution is -0.0230. The summed E-state index contributed by atoms with van der Waals surface area (Å²) in [6.45, 7) is 2.49. The van der Waals surface area contributed by atoms with Crippen LogP contribution in [0.2, 0.25) is 0 Å². The van der Waals surface area contributed by atoms with E-state index in [1.165, 1.54) is 12.8 Å². The molecule has 2 saturated carbocycles. The Morgan fingerprint density at radius 1 is 1.21 bits per heavy atom. The number of likely N-dealkylation sites (tertiary alicyclic amines) is 1. The fraction of sp³-hybridized carbons (Fsp3) is 0.800. The second kappa shape index (κ2) is 8.69. The molecule has 3 amide bonds. The molecule has 1 atom stereocenters. The number of carbonyl (C=O) groups is 2. The van der Waals surface area contributed by atoms with Crippen molar-refractivity contribution in [1.82, 2.24) is 30.5 Å². The van der Waals surface area contributed by atoms with E-state index >= 15 is 0 Å². The summed E-state index contributed by atoms with van der Waals surface area (Å²) in [7, 11) is 1.60. The largest absolute Gasteiger partial charge is 0.383 e. The zero-order valence-electron chi connectivity index (χ0n) is 17.2. The third kappa shape index (κ3) is 4.24. The zero-order valence-corrected chi connectivity index (χ0v) is 17.2. The Hall–Kier alpha value is -2.16. The van der Waals surface area contributed by atoms with E-state index in [0.717, 1.165) is 51.6 Å². The summed E-state index contributed by atoms with van der Waals surface area (Å²) in [6, 6.07) is 0.715. The summed E-state index contributed by atoms with van der Waals surface area (Å²) in [5.41, 5.74) is 0.512. The first-order valence-electron chi connectivity index (χ1n) is 10.9. The highest BCUT2D eigenvalue weighted by atomic mass is 16.5. The second-order valence-electron chi connectivity index (χ2n) is 8.67. The molecule has 3 fully saturated rings. The average Bonchev–Trinajstić information content (AvgIpc) is 3.40. The van der Waals surface area contributed by atoms with Crippen LogP contribution in [0.15, 0.2) is 6.20 Å². The molecule has 1 aromatic rings. The van der Waals surface area contributed by atoms with E-state index in [4.69, 9.17) is 4.74 Å². The number of urea groups is 1. The minimum Gasteiger partial charge on any atom is -0.383 e. The third-order valence-corrected chi connectivity index (χ3v) is 7.01. The molecule has 4 rings (SSSR count). The molecule has 160 valence electrons. The van der Waals surface area contributed by atoms with Crippen LogP contribution in [0.4, 0.5) is 4.79 Å². The van der Waals surface area contributed by atoms with Crippen molar-refractivity contribution in [2.75, 3.05) is 33.4 Å². The van der Waals surface area contributed by atoms with Crippen LogP contribution >= 0.6 is 0 Å². The standard InChI is InChI=1S/C20H32N6O3/c1-29-13-10-21-18(27)16-14-26(24-23-16)17-6-7-20(17)8-11-25(12-9-20)19(28)22-15-4-2-3-5-15/h14-15,17H,2-13H2,1H3,(H,21,27)(H,22,28). The molecule has 1 aliphatic heterocycles. The summed E-state index contributed by atoms with van der Waals surface area (Å²) in [5.74, 6) is -0.222. The molecule has 1 unspecified atom stereocenters. The van der Waals surface area contributed by atoms with E-state index in [1.54, 1.807) is 13.3 Å². The monoisotopic (exact) mass is 404 g/mol. The highest BCUT2D eigenvalue weighted by molar-refractivity contribution is 5.91. The molecule has 0 bridgehead atoms. The maximum atomic E-state index is 12.5. The van der Waals surface area contributed by atoms with Gasteiger partial charge in [0.2, 0.25) is 0 Å². The third-order valence-electron chi connectivity index (χ3n) is 7.01. The first kappa shape index (κ1) is 20.1. The predicted octanol–water partition coefficient (Wildman–Crippen LogP) is 1.72. The summed E-state index contributed by atoms with van der Waals surface area (Å²) in [4.78, 5) is 26.7. The summed E-state index contributed by atoms with van der Waals surface area (Å²) < 4.78 is 6.81. The predicted molar refractivity (Wildman–Crippen MR) is 107 cm³/mol. The van der Waals surface area contributed by atoms with Gasteiger partial charge < -0.3 is 20.3 Å². The maximum Gasteiger partial charge on any atom is 0.317 e. The molecule has 0 radical (unpaired) electrons. The first-order valence-corrected chi connectivity index (χ1v) is 10.9. The van der Waals surface area contributed by atoms with Gasteiger partial charge in [0.05, 0.1) is 18.8 Å². The Labute approximate surface area is 171 Å². The Morgan fingerprint density at radius 2 is 1.97 bits per heavy atom. The van der Waals surface area contributed by atoms with Crippen molar-refractivity contribution >= 4 is 11.9 Å². The molecule has 29 heavy (non-hydrogen) atoms. The molecule has 2 N–H and O–H groups in total. The zero-order chi connectivity index (χ0) is 20.3. The first-order chi connectivity index (χ1) is 14.1. The van der Waals surface area contributed by atoms with E-state index in [-0.39, 0.29) is 23.4 Å². The van der Waals surface area contributed by atoms with Gasteiger partial charge in [-0.2, -0.15) is 0 Å².